The largest absolute Gasteiger partial charge is 0.394 e. The van der Waals surface area contributed by atoms with Crippen LogP contribution < -0.4 is 0 Å². The number of rotatable bonds is 5. The van der Waals surface area contributed by atoms with Crippen molar-refractivity contribution in [2.45, 2.75) is 17.7 Å². The summed E-state index contributed by atoms with van der Waals surface area (Å²) in [5.41, 5.74) is 1.07. The lowest BCUT2D eigenvalue weighted by Gasteiger charge is -2.18. The van der Waals surface area contributed by atoms with Crippen LogP contribution in [0.3, 0.4) is 0 Å². The summed E-state index contributed by atoms with van der Waals surface area (Å²) >= 11 is 3.26. The highest BCUT2D eigenvalue weighted by molar-refractivity contribution is 9.09. The van der Waals surface area contributed by atoms with Gasteiger partial charge in [-0.3, -0.25) is 0 Å². The molecule has 0 aliphatic carbocycles. The van der Waals surface area contributed by atoms with E-state index in [2.05, 4.69) is 70.5 Å². The van der Waals surface area contributed by atoms with Crippen molar-refractivity contribution in [2.24, 2.45) is 0 Å². The van der Waals surface area contributed by atoms with Crippen molar-refractivity contribution >= 4 is 48.2 Å². The number of aliphatic hydroxyl groups is 2. The van der Waals surface area contributed by atoms with E-state index in [-0.39, 0.29) is 6.61 Å². The van der Waals surface area contributed by atoms with Gasteiger partial charge >= 0.3 is 0 Å². The topological polar surface area (TPSA) is 49.7 Å². The summed E-state index contributed by atoms with van der Waals surface area (Å²) in [5, 5.41) is 25.4. The molecule has 2 atom stereocenters. The molecule has 0 spiro atoms. The van der Waals surface area contributed by atoms with Crippen molar-refractivity contribution in [3.05, 3.63) is 60.2 Å². The molecule has 0 aromatic heterocycles. The van der Waals surface area contributed by atoms with Gasteiger partial charge in [0.05, 0.1) is 13.2 Å². The van der Waals surface area contributed by atoms with Crippen molar-refractivity contribution in [3.8, 4) is 0 Å². The van der Waals surface area contributed by atoms with Gasteiger partial charge in [-0.2, -0.15) is 0 Å². The maximum absolute atomic E-state index is 9.62. The van der Waals surface area contributed by atoms with Crippen LogP contribution in [-0.2, 0) is 11.3 Å². The minimum absolute atomic E-state index is 0.339. The van der Waals surface area contributed by atoms with Gasteiger partial charge in [-0.25, -0.2) is 0 Å². The molecule has 2 unspecified atom stereocenters. The standard InChI is InChI=1S/C20H17BrO3/c21-20(17(23)10-22)24-11-15-7-6-14-5-4-12-2-1-3-13-8-9-16(15)19(14)18(12)13/h1-9,17,20,22-23H,10-11H2. The second-order valence-corrected chi connectivity index (χ2v) is 6.90. The second kappa shape index (κ2) is 6.30. The van der Waals surface area contributed by atoms with Crippen molar-refractivity contribution < 1.29 is 14.9 Å². The Labute approximate surface area is 147 Å². The molecule has 4 aromatic carbocycles. The van der Waals surface area contributed by atoms with E-state index in [1.54, 1.807) is 0 Å². The van der Waals surface area contributed by atoms with Gasteiger partial charge in [-0.05, 0) is 37.9 Å². The van der Waals surface area contributed by atoms with Crippen LogP contribution in [0, 0.1) is 0 Å². The first-order valence-electron chi connectivity index (χ1n) is 7.89. The van der Waals surface area contributed by atoms with Crippen LogP contribution in [0.25, 0.3) is 32.3 Å². The van der Waals surface area contributed by atoms with E-state index in [9.17, 15) is 5.11 Å². The Balaban J connectivity index is 1.82. The fraction of sp³-hybridized carbons (Fsp3) is 0.200. The molecule has 4 rings (SSSR count). The lowest BCUT2D eigenvalue weighted by atomic mass is 9.92. The first-order chi connectivity index (χ1) is 11.7. The maximum Gasteiger partial charge on any atom is 0.140 e. The summed E-state index contributed by atoms with van der Waals surface area (Å²) in [4.78, 5) is 0. The normalized spacial score (nSPS) is 14.6. The minimum Gasteiger partial charge on any atom is -0.394 e. The fourth-order valence-electron chi connectivity index (χ4n) is 3.28. The molecule has 4 heteroatoms. The van der Waals surface area contributed by atoms with Crippen molar-refractivity contribution in [3.63, 3.8) is 0 Å². The smallest absolute Gasteiger partial charge is 0.140 e. The van der Waals surface area contributed by atoms with Gasteiger partial charge in [0.1, 0.15) is 11.1 Å². The summed E-state index contributed by atoms with van der Waals surface area (Å²) in [6.07, 6.45) is -0.940. The highest BCUT2D eigenvalue weighted by atomic mass is 79.9. The van der Waals surface area contributed by atoms with Crippen LogP contribution in [0.15, 0.2) is 54.6 Å². The third-order valence-electron chi connectivity index (χ3n) is 4.51. The van der Waals surface area contributed by atoms with Gasteiger partial charge in [0.2, 0.25) is 0 Å². The molecule has 122 valence electrons. The van der Waals surface area contributed by atoms with E-state index in [4.69, 9.17) is 9.84 Å². The molecule has 0 fully saturated rings. The maximum atomic E-state index is 9.62. The third-order valence-corrected chi connectivity index (χ3v) is 5.38. The predicted molar refractivity (Wildman–Crippen MR) is 101 cm³/mol. The van der Waals surface area contributed by atoms with Gasteiger partial charge in [0, 0.05) is 0 Å². The molecule has 0 aliphatic rings. The molecule has 0 aliphatic heterocycles. The highest BCUT2D eigenvalue weighted by Gasteiger charge is 2.16. The number of halogens is 1. The first kappa shape index (κ1) is 15.8. The van der Waals surface area contributed by atoms with E-state index in [0.29, 0.717) is 6.61 Å². The Morgan fingerprint density at radius 2 is 1.50 bits per heavy atom. The summed E-state index contributed by atoms with van der Waals surface area (Å²) in [6.45, 7) is 0.0234. The zero-order valence-electron chi connectivity index (χ0n) is 12.9. The molecule has 0 saturated carbocycles. The molecule has 0 amide bonds. The Kier molecular flexibility index (Phi) is 4.14. The average Bonchev–Trinajstić information content (AvgIpc) is 2.64. The van der Waals surface area contributed by atoms with Gasteiger partial charge in [-0.1, -0.05) is 70.5 Å². The Hall–Kier alpha value is -1.72. The molecule has 0 heterocycles. The number of alkyl halides is 1. The Bertz CT molecular complexity index is 982. The minimum atomic E-state index is -0.940. The lowest BCUT2D eigenvalue weighted by Crippen LogP contribution is -2.26. The van der Waals surface area contributed by atoms with Crippen LogP contribution in [0.4, 0.5) is 0 Å². The summed E-state index contributed by atoms with van der Waals surface area (Å²) in [5.74, 6) is 0. The highest BCUT2D eigenvalue weighted by Crippen LogP contribution is 2.36. The van der Waals surface area contributed by atoms with Gasteiger partial charge in [-0.15, -0.1) is 0 Å². The zero-order valence-corrected chi connectivity index (χ0v) is 14.5. The summed E-state index contributed by atoms with van der Waals surface area (Å²) in [7, 11) is 0. The SMILES string of the molecule is OCC(O)C(Br)OCc1ccc2ccc3cccc4ccc1c2c34. The van der Waals surface area contributed by atoms with E-state index < -0.39 is 11.1 Å². The van der Waals surface area contributed by atoms with Crippen LogP contribution in [-0.4, -0.2) is 27.9 Å². The summed E-state index contributed by atoms with van der Waals surface area (Å²) in [6, 6.07) is 19.1. The third kappa shape index (κ3) is 2.56. The quantitative estimate of drug-likeness (QED) is 0.400. The summed E-state index contributed by atoms with van der Waals surface area (Å²) < 4.78 is 5.68. The van der Waals surface area contributed by atoms with Crippen molar-refractivity contribution in [1.29, 1.82) is 0 Å². The van der Waals surface area contributed by atoms with Crippen LogP contribution in [0.2, 0.25) is 0 Å². The number of aliphatic hydroxyl groups excluding tert-OH is 2. The Morgan fingerprint density at radius 3 is 2.21 bits per heavy atom. The Morgan fingerprint density at radius 1 is 0.875 bits per heavy atom. The van der Waals surface area contributed by atoms with E-state index >= 15 is 0 Å². The van der Waals surface area contributed by atoms with Crippen LogP contribution >= 0.6 is 15.9 Å². The second-order valence-electron chi connectivity index (χ2n) is 5.99. The lowest BCUT2D eigenvalue weighted by molar-refractivity contribution is -0.0156. The molecule has 4 aromatic rings. The molecular weight excluding hydrogens is 368 g/mol. The molecule has 3 nitrogen and oxygen atoms in total. The van der Waals surface area contributed by atoms with E-state index in [1.165, 1.54) is 26.9 Å². The van der Waals surface area contributed by atoms with Crippen LogP contribution in [0.1, 0.15) is 5.56 Å². The number of ether oxygens (including phenoxy) is 1. The van der Waals surface area contributed by atoms with E-state index in [0.717, 1.165) is 10.9 Å². The molecule has 24 heavy (non-hydrogen) atoms. The van der Waals surface area contributed by atoms with Crippen molar-refractivity contribution in [2.75, 3.05) is 6.61 Å². The fourth-order valence-corrected chi connectivity index (χ4v) is 3.58. The monoisotopic (exact) mass is 384 g/mol. The average molecular weight is 385 g/mol. The van der Waals surface area contributed by atoms with Crippen molar-refractivity contribution in [1.82, 2.24) is 0 Å². The first-order valence-corrected chi connectivity index (χ1v) is 8.80. The number of hydrogen-bond acceptors (Lipinski definition) is 3. The van der Waals surface area contributed by atoms with Gasteiger partial charge in [0.25, 0.3) is 0 Å². The molecule has 0 bridgehead atoms. The zero-order chi connectivity index (χ0) is 16.7. The van der Waals surface area contributed by atoms with E-state index in [1.807, 2.05) is 0 Å². The van der Waals surface area contributed by atoms with Crippen LogP contribution in [0.5, 0.6) is 0 Å². The molecule has 0 radical (unpaired) electrons. The number of benzene rings is 4. The van der Waals surface area contributed by atoms with Gasteiger partial charge < -0.3 is 14.9 Å². The van der Waals surface area contributed by atoms with Gasteiger partial charge in [0.15, 0.2) is 0 Å². The number of hydrogen-bond donors (Lipinski definition) is 2. The molecular formula is C20H17BrO3. The molecule has 0 saturated heterocycles. The molecule has 2 N–H and O–H groups in total. The predicted octanol–water partition coefficient (Wildman–Crippen LogP) is 4.17.